The van der Waals surface area contributed by atoms with Crippen molar-refractivity contribution in [3.8, 4) is 11.3 Å². The molecule has 3 heterocycles. The fraction of sp³-hybridized carbons (Fsp3) is 0.357. The zero-order chi connectivity index (χ0) is 13.4. The Labute approximate surface area is 111 Å². The molecule has 3 aromatic rings. The average molecular weight is 255 g/mol. The number of aryl methyl sites for hydroxylation is 1. The molecule has 0 N–H and O–H groups in total. The van der Waals surface area contributed by atoms with Gasteiger partial charge in [-0.25, -0.2) is 4.98 Å². The van der Waals surface area contributed by atoms with E-state index >= 15 is 0 Å². The average Bonchev–Trinajstić information content (AvgIpc) is 2.95. The summed E-state index contributed by atoms with van der Waals surface area (Å²) in [5.74, 6) is 0.585. The van der Waals surface area contributed by atoms with E-state index in [0.29, 0.717) is 5.92 Å². The Morgan fingerprint density at radius 1 is 1.21 bits per heavy atom. The number of rotatable bonds is 3. The first-order valence-electron chi connectivity index (χ1n) is 6.46. The third kappa shape index (κ3) is 2.12. The van der Waals surface area contributed by atoms with Crippen molar-refractivity contribution in [3.63, 3.8) is 0 Å². The Hall–Kier alpha value is -2.17. The highest BCUT2D eigenvalue weighted by molar-refractivity contribution is 5.62. The van der Waals surface area contributed by atoms with Crippen molar-refractivity contribution in [2.75, 3.05) is 0 Å². The van der Waals surface area contributed by atoms with Gasteiger partial charge in [-0.15, -0.1) is 0 Å². The Morgan fingerprint density at radius 2 is 2.05 bits per heavy atom. The van der Waals surface area contributed by atoms with Gasteiger partial charge < -0.3 is 0 Å². The summed E-state index contributed by atoms with van der Waals surface area (Å²) in [6.07, 6.45) is 9.57. The summed E-state index contributed by atoms with van der Waals surface area (Å²) in [5, 5.41) is 4.40. The van der Waals surface area contributed by atoms with E-state index in [-0.39, 0.29) is 0 Å². The fourth-order valence-electron chi connectivity index (χ4n) is 2.23. The predicted molar refractivity (Wildman–Crippen MR) is 73.8 cm³/mol. The molecule has 5 nitrogen and oxygen atoms in total. The minimum Gasteiger partial charge on any atom is -0.297 e. The molecule has 19 heavy (non-hydrogen) atoms. The Morgan fingerprint density at radius 3 is 2.84 bits per heavy atom. The van der Waals surface area contributed by atoms with Crippen LogP contribution in [0.2, 0.25) is 0 Å². The molecule has 0 fully saturated rings. The molecule has 0 atom stereocenters. The summed E-state index contributed by atoms with van der Waals surface area (Å²) >= 11 is 0. The molecule has 0 spiro atoms. The van der Waals surface area contributed by atoms with Crippen LogP contribution in [0.5, 0.6) is 0 Å². The van der Waals surface area contributed by atoms with Crippen molar-refractivity contribution < 1.29 is 0 Å². The zero-order valence-electron chi connectivity index (χ0n) is 11.4. The Balaban J connectivity index is 2.05. The maximum Gasteiger partial charge on any atom is 0.158 e. The van der Waals surface area contributed by atoms with Crippen LogP contribution in [-0.2, 0) is 6.54 Å². The summed E-state index contributed by atoms with van der Waals surface area (Å²) in [5.41, 5.74) is 3.96. The lowest BCUT2D eigenvalue weighted by Gasteiger charge is -2.03. The summed E-state index contributed by atoms with van der Waals surface area (Å²) in [4.78, 5) is 8.68. The SMILES string of the molecule is Cc1nccn2c(-c3cnn(CC(C)C)c3)cnc12. The van der Waals surface area contributed by atoms with E-state index in [1.165, 1.54) is 0 Å². The number of hydrogen-bond acceptors (Lipinski definition) is 3. The fourth-order valence-corrected chi connectivity index (χ4v) is 2.23. The van der Waals surface area contributed by atoms with Crippen LogP contribution in [0.25, 0.3) is 16.9 Å². The molecule has 0 aliphatic carbocycles. The van der Waals surface area contributed by atoms with Crippen LogP contribution in [0.3, 0.4) is 0 Å². The highest BCUT2D eigenvalue weighted by Crippen LogP contribution is 2.21. The molecular weight excluding hydrogens is 238 g/mol. The largest absolute Gasteiger partial charge is 0.297 e. The maximum atomic E-state index is 4.43. The van der Waals surface area contributed by atoms with Gasteiger partial charge in [0, 0.05) is 30.7 Å². The van der Waals surface area contributed by atoms with Gasteiger partial charge in [-0.2, -0.15) is 5.10 Å². The lowest BCUT2D eigenvalue weighted by molar-refractivity contribution is 0.483. The van der Waals surface area contributed by atoms with E-state index in [1.54, 1.807) is 6.20 Å². The van der Waals surface area contributed by atoms with Crippen LogP contribution in [-0.4, -0.2) is 24.1 Å². The van der Waals surface area contributed by atoms with Gasteiger partial charge in [-0.1, -0.05) is 13.8 Å². The first-order valence-corrected chi connectivity index (χ1v) is 6.46. The highest BCUT2D eigenvalue weighted by Gasteiger charge is 2.10. The van der Waals surface area contributed by atoms with E-state index in [9.17, 15) is 0 Å². The van der Waals surface area contributed by atoms with Crippen LogP contribution in [0.4, 0.5) is 0 Å². The van der Waals surface area contributed by atoms with Gasteiger partial charge in [0.2, 0.25) is 0 Å². The third-order valence-corrected chi connectivity index (χ3v) is 3.09. The van der Waals surface area contributed by atoms with Crippen LogP contribution < -0.4 is 0 Å². The minimum absolute atomic E-state index is 0.585. The van der Waals surface area contributed by atoms with Crippen molar-refractivity contribution in [2.45, 2.75) is 27.3 Å². The Kier molecular flexibility index (Phi) is 2.81. The van der Waals surface area contributed by atoms with Gasteiger partial charge in [0.1, 0.15) is 0 Å². The minimum atomic E-state index is 0.585. The molecule has 0 radical (unpaired) electrons. The van der Waals surface area contributed by atoms with E-state index in [4.69, 9.17) is 0 Å². The molecule has 0 bridgehead atoms. The second kappa shape index (κ2) is 4.50. The van der Waals surface area contributed by atoms with Crippen molar-refractivity contribution in [3.05, 3.63) is 36.7 Å². The van der Waals surface area contributed by atoms with E-state index in [1.807, 2.05) is 30.2 Å². The summed E-state index contributed by atoms with van der Waals surface area (Å²) < 4.78 is 4.03. The van der Waals surface area contributed by atoms with Crippen LogP contribution in [0.1, 0.15) is 19.5 Å². The second-order valence-electron chi connectivity index (χ2n) is 5.19. The van der Waals surface area contributed by atoms with Gasteiger partial charge in [-0.3, -0.25) is 14.1 Å². The number of nitrogens with zero attached hydrogens (tertiary/aromatic N) is 5. The molecule has 0 saturated heterocycles. The molecule has 0 unspecified atom stereocenters. The second-order valence-corrected chi connectivity index (χ2v) is 5.19. The van der Waals surface area contributed by atoms with E-state index in [0.717, 1.165) is 29.1 Å². The molecular formula is C14H17N5. The maximum absolute atomic E-state index is 4.43. The third-order valence-electron chi connectivity index (χ3n) is 3.09. The van der Waals surface area contributed by atoms with Gasteiger partial charge >= 0.3 is 0 Å². The van der Waals surface area contributed by atoms with Gasteiger partial charge in [0.05, 0.1) is 23.8 Å². The quantitative estimate of drug-likeness (QED) is 0.722. The van der Waals surface area contributed by atoms with Crippen LogP contribution in [0, 0.1) is 12.8 Å². The van der Waals surface area contributed by atoms with Crippen molar-refractivity contribution >= 4 is 5.65 Å². The van der Waals surface area contributed by atoms with E-state index < -0.39 is 0 Å². The molecule has 0 aliphatic heterocycles. The molecule has 3 rings (SSSR count). The molecule has 0 saturated carbocycles. The molecule has 3 aromatic heterocycles. The standard InChI is InChI=1S/C14H17N5/c1-10(2)8-18-9-12(6-17-18)13-7-16-14-11(3)15-4-5-19(13)14/h4-7,9-10H,8H2,1-3H3. The first kappa shape index (κ1) is 11.9. The van der Waals surface area contributed by atoms with Crippen LogP contribution in [0.15, 0.2) is 31.0 Å². The van der Waals surface area contributed by atoms with Gasteiger partial charge in [-0.05, 0) is 12.8 Å². The molecule has 98 valence electrons. The van der Waals surface area contributed by atoms with Gasteiger partial charge in [0.15, 0.2) is 5.65 Å². The number of aromatic nitrogens is 5. The van der Waals surface area contributed by atoms with Crippen molar-refractivity contribution in [2.24, 2.45) is 5.92 Å². The topological polar surface area (TPSA) is 48.0 Å². The molecule has 0 aliphatic rings. The Bertz CT molecular complexity index is 708. The molecule has 0 aromatic carbocycles. The summed E-state index contributed by atoms with van der Waals surface area (Å²) in [6.45, 7) is 7.26. The number of imidazole rings is 1. The summed E-state index contributed by atoms with van der Waals surface area (Å²) in [7, 11) is 0. The molecule has 5 heteroatoms. The number of fused-ring (bicyclic) bond motifs is 1. The van der Waals surface area contributed by atoms with Crippen molar-refractivity contribution in [1.29, 1.82) is 0 Å². The van der Waals surface area contributed by atoms with E-state index in [2.05, 4.69) is 39.5 Å². The predicted octanol–water partition coefficient (Wildman–Crippen LogP) is 2.56. The first-order chi connectivity index (χ1) is 9.15. The normalized spacial score (nSPS) is 11.6. The zero-order valence-corrected chi connectivity index (χ0v) is 11.4. The molecule has 0 amide bonds. The lowest BCUT2D eigenvalue weighted by atomic mass is 10.2. The monoisotopic (exact) mass is 255 g/mol. The summed E-state index contributed by atoms with van der Waals surface area (Å²) in [6, 6.07) is 0. The smallest absolute Gasteiger partial charge is 0.158 e. The van der Waals surface area contributed by atoms with Crippen LogP contribution >= 0.6 is 0 Å². The number of hydrogen-bond donors (Lipinski definition) is 0. The highest BCUT2D eigenvalue weighted by atomic mass is 15.3. The van der Waals surface area contributed by atoms with Gasteiger partial charge in [0.25, 0.3) is 0 Å². The lowest BCUT2D eigenvalue weighted by Crippen LogP contribution is -2.04. The van der Waals surface area contributed by atoms with Crippen molar-refractivity contribution in [1.82, 2.24) is 24.1 Å².